The SMILES string of the molecule is COc1cc(C)c(-c2cc(C)cc(CO)c2O)cc1O. The quantitative estimate of drug-likeness (QED) is 0.805. The van der Waals surface area contributed by atoms with Gasteiger partial charge in [-0.3, -0.25) is 0 Å². The first-order valence-corrected chi connectivity index (χ1v) is 6.29. The summed E-state index contributed by atoms with van der Waals surface area (Å²) < 4.78 is 5.06. The summed E-state index contributed by atoms with van der Waals surface area (Å²) >= 11 is 0. The number of methoxy groups -OCH3 is 1. The van der Waals surface area contributed by atoms with E-state index in [2.05, 4.69) is 0 Å². The van der Waals surface area contributed by atoms with E-state index < -0.39 is 0 Å². The van der Waals surface area contributed by atoms with Gasteiger partial charge in [0.2, 0.25) is 0 Å². The van der Waals surface area contributed by atoms with Crippen molar-refractivity contribution in [3.63, 3.8) is 0 Å². The molecule has 0 bridgehead atoms. The molecule has 4 nitrogen and oxygen atoms in total. The minimum Gasteiger partial charge on any atom is -0.507 e. The molecule has 0 fully saturated rings. The lowest BCUT2D eigenvalue weighted by atomic mass is 9.95. The van der Waals surface area contributed by atoms with Crippen LogP contribution in [-0.2, 0) is 6.61 Å². The van der Waals surface area contributed by atoms with Gasteiger partial charge in [0, 0.05) is 11.1 Å². The second-order valence-electron chi connectivity index (χ2n) is 4.82. The van der Waals surface area contributed by atoms with Crippen LogP contribution in [0.3, 0.4) is 0 Å². The highest BCUT2D eigenvalue weighted by atomic mass is 16.5. The van der Waals surface area contributed by atoms with Crippen LogP contribution in [-0.4, -0.2) is 22.4 Å². The van der Waals surface area contributed by atoms with E-state index in [1.807, 2.05) is 19.9 Å². The molecule has 0 spiro atoms. The van der Waals surface area contributed by atoms with Crippen molar-refractivity contribution in [3.05, 3.63) is 41.0 Å². The van der Waals surface area contributed by atoms with Gasteiger partial charge in [0.15, 0.2) is 11.5 Å². The van der Waals surface area contributed by atoms with Crippen LogP contribution in [0.4, 0.5) is 0 Å². The molecule has 0 aromatic heterocycles. The van der Waals surface area contributed by atoms with Crippen molar-refractivity contribution in [3.8, 4) is 28.4 Å². The van der Waals surface area contributed by atoms with Crippen molar-refractivity contribution in [1.29, 1.82) is 0 Å². The van der Waals surface area contributed by atoms with Crippen LogP contribution in [0, 0.1) is 13.8 Å². The van der Waals surface area contributed by atoms with Crippen LogP contribution in [0.2, 0.25) is 0 Å². The molecule has 20 heavy (non-hydrogen) atoms. The second-order valence-corrected chi connectivity index (χ2v) is 4.82. The predicted molar refractivity (Wildman–Crippen MR) is 77.2 cm³/mol. The molecule has 106 valence electrons. The van der Waals surface area contributed by atoms with E-state index in [1.165, 1.54) is 7.11 Å². The number of aliphatic hydroxyl groups excluding tert-OH is 1. The number of phenols is 2. The third kappa shape index (κ3) is 2.42. The average Bonchev–Trinajstić information content (AvgIpc) is 2.43. The molecule has 0 saturated heterocycles. The largest absolute Gasteiger partial charge is 0.507 e. The van der Waals surface area contributed by atoms with Gasteiger partial charge < -0.3 is 20.1 Å². The Morgan fingerprint density at radius 3 is 2.30 bits per heavy atom. The molecule has 2 aromatic carbocycles. The smallest absolute Gasteiger partial charge is 0.160 e. The zero-order valence-corrected chi connectivity index (χ0v) is 11.8. The van der Waals surface area contributed by atoms with Crippen LogP contribution in [0.15, 0.2) is 24.3 Å². The molecular formula is C16H18O4. The van der Waals surface area contributed by atoms with E-state index in [0.29, 0.717) is 22.4 Å². The Morgan fingerprint density at radius 2 is 1.70 bits per heavy atom. The van der Waals surface area contributed by atoms with E-state index in [0.717, 1.165) is 11.1 Å². The van der Waals surface area contributed by atoms with Crippen molar-refractivity contribution in [2.75, 3.05) is 7.11 Å². The zero-order chi connectivity index (χ0) is 14.9. The molecule has 2 aromatic rings. The van der Waals surface area contributed by atoms with Crippen LogP contribution < -0.4 is 4.74 Å². The third-order valence-corrected chi connectivity index (χ3v) is 3.32. The molecule has 2 rings (SSSR count). The maximum atomic E-state index is 10.2. The Kier molecular flexibility index (Phi) is 3.86. The van der Waals surface area contributed by atoms with Crippen LogP contribution in [0.5, 0.6) is 17.2 Å². The normalized spacial score (nSPS) is 10.6. The number of aromatic hydroxyl groups is 2. The number of phenolic OH excluding ortho intramolecular Hbond substituents is 1. The van der Waals surface area contributed by atoms with Crippen LogP contribution >= 0.6 is 0 Å². The summed E-state index contributed by atoms with van der Waals surface area (Å²) in [6.45, 7) is 3.53. The summed E-state index contributed by atoms with van der Waals surface area (Å²) in [5, 5.41) is 29.4. The van der Waals surface area contributed by atoms with E-state index in [1.54, 1.807) is 18.2 Å². The summed E-state index contributed by atoms with van der Waals surface area (Å²) in [6.07, 6.45) is 0. The highest BCUT2D eigenvalue weighted by molar-refractivity contribution is 5.77. The van der Waals surface area contributed by atoms with Crippen LogP contribution in [0.25, 0.3) is 11.1 Å². The van der Waals surface area contributed by atoms with Gasteiger partial charge >= 0.3 is 0 Å². The Morgan fingerprint density at radius 1 is 1.00 bits per heavy atom. The molecule has 0 amide bonds. The Labute approximate surface area is 117 Å². The van der Waals surface area contributed by atoms with Crippen molar-refractivity contribution in [2.45, 2.75) is 20.5 Å². The Balaban J connectivity index is 2.68. The predicted octanol–water partition coefficient (Wildman–Crippen LogP) is 2.88. The first-order valence-electron chi connectivity index (χ1n) is 6.29. The second kappa shape index (κ2) is 5.43. The highest BCUT2D eigenvalue weighted by Gasteiger charge is 2.14. The monoisotopic (exact) mass is 274 g/mol. The lowest BCUT2D eigenvalue weighted by Crippen LogP contribution is -1.93. The van der Waals surface area contributed by atoms with Gasteiger partial charge in [-0.15, -0.1) is 0 Å². The summed E-state index contributed by atoms with van der Waals surface area (Å²) in [5.74, 6) is 0.436. The molecule has 4 heteroatoms. The molecule has 0 radical (unpaired) electrons. The number of benzene rings is 2. The van der Waals surface area contributed by atoms with Gasteiger partial charge in [-0.05, 0) is 48.7 Å². The molecule has 0 atom stereocenters. The number of ether oxygens (including phenoxy) is 1. The van der Waals surface area contributed by atoms with Crippen LogP contribution in [0.1, 0.15) is 16.7 Å². The van der Waals surface area contributed by atoms with Crippen molar-refractivity contribution >= 4 is 0 Å². The average molecular weight is 274 g/mol. The summed E-state index contributed by atoms with van der Waals surface area (Å²) in [7, 11) is 1.49. The zero-order valence-electron chi connectivity index (χ0n) is 11.8. The first kappa shape index (κ1) is 14.2. The number of rotatable bonds is 3. The van der Waals surface area contributed by atoms with Gasteiger partial charge in [0.05, 0.1) is 13.7 Å². The number of aliphatic hydroxyl groups is 1. The van der Waals surface area contributed by atoms with E-state index in [-0.39, 0.29) is 18.1 Å². The summed E-state index contributed by atoms with van der Waals surface area (Å²) in [5.41, 5.74) is 3.56. The van der Waals surface area contributed by atoms with E-state index >= 15 is 0 Å². The van der Waals surface area contributed by atoms with Gasteiger partial charge in [-0.2, -0.15) is 0 Å². The van der Waals surface area contributed by atoms with Gasteiger partial charge in [0.1, 0.15) is 5.75 Å². The van der Waals surface area contributed by atoms with Crippen molar-refractivity contribution < 1.29 is 20.1 Å². The highest BCUT2D eigenvalue weighted by Crippen LogP contribution is 2.40. The van der Waals surface area contributed by atoms with E-state index in [4.69, 9.17) is 4.74 Å². The number of hydrogen-bond acceptors (Lipinski definition) is 4. The fraction of sp³-hybridized carbons (Fsp3) is 0.250. The van der Waals surface area contributed by atoms with Crippen molar-refractivity contribution in [1.82, 2.24) is 0 Å². The molecule has 0 aliphatic rings. The fourth-order valence-corrected chi connectivity index (χ4v) is 2.30. The fourth-order valence-electron chi connectivity index (χ4n) is 2.30. The summed E-state index contributed by atoms with van der Waals surface area (Å²) in [4.78, 5) is 0. The first-order chi connectivity index (χ1) is 9.47. The topological polar surface area (TPSA) is 69.9 Å². The molecule has 3 N–H and O–H groups in total. The molecule has 0 unspecified atom stereocenters. The molecule has 0 saturated carbocycles. The Hall–Kier alpha value is -2.20. The number of hydrogen-bond donors (Lipinski definition) is 3. The minimum absolute atomic E-state index is 0.0135. The molecule has 0 aliphatic heterocycles. The molecule has 0 aliphatic carbocycles. The lowest BCUT2D eigenvalue weighted by molar-refractivity contribution is 0.275. The Bertz CT molecular complexity index is 647. The standard InChI is InChI=1S/C16H18O4/c1-9-4-11(8-17)16(19)13(5-9)12-7-14(18)15(20-3)6-10(12)2/h4-7,17-19H,8H2,1-3H3. The maximum Gasteiger partial charge on any atom is 0.160 e. The summed E-state index contributed by atoms with van der Waals surface area (Å²) in [6, 6.07) is 6.83. The third-order valence-electron chi connectivity index (χ3n) is 3.32. The van der Waals surface area contributed by atoms with E-state index in [9.17, 15) is 15.3 Å². The van der Waals surface area contributed by atoms with Crippen molar-refractivity contribution in [2.24, 2.45) is 0 Å². The number of aryl methyl sites for hydroxylation is 2. The minimum atomic E-state index is -0.234. The molecule has 0 heterocycles. The molecular weight excluding hydrogens is 256 g/mol. The van der Waals surface area contributed by atoms with Gasteiger partial charge in [-0.25, -0.2) is 0 Å². The van der Waals surface area contributed by atoms with Gasteiger partial charge in [-0.1, -0.05) is 6.07 Å². The van der Waals surface area contributed by atoms with Gasteiger partial charge in [0.25, 0.3) is 0 Å². The lowest BCUT2D eigenvalue weighted by Gasteiger charge is -2.14. The maximum absolute atomic E-state index is 10.2.